The molecule has 0 fully saturated rings. The third-order valence-electron chi connectivity index (χ3n) is 6.18. The van der Waals surface area contributed by atoms with Gasteiger partial charge in [-0.1, -0.05) is 6.92 Å². The van der Waals surface area contributed by atoms with Crippen LogP contribution in [0.25, 0.3) is 0 Å². The van der Waals surface area contributed by atoms with Gasteiger partial charge in [0, 0.05) is 49.8 Å². The summed E-state index contributed by atoms with van der Waals surface area (Å²) < 4.78 is 15.6. The van der Waals surface area contributed by atoms with Crippen LogP contribution in [-0.4, -0.2) is 57.0 Å². The maximum Gasteiger partial charge on any atom is 0.322 e. The first kappa shape index (κ1) is 21.3. The Morgan fingerprint density at radius 2 is 2.23 bits per heavy atom. The summed E-state index contributed by atoms with van der Waals surface area (Å²) in [6.45, 7) is 5.13. The second kappa shape index (κ2) is 8.65. The molecule has 0 saturated carbocycles. The van der Waals surface area contributed by atoms with E-state index in [4.69, 9.17) is 10.4 Å². The Labute approximate surface area is 180 Å². The number of carbonyl (C=O) groups excluding carboxylic acids is 1. The molecule has 0 spiro atoms. The molecule has 2 aliphatic rings. The lowest BCUT2D eigenvalue weighted by atomic mass is 10.0. The van der Waals surface area contributed by atoms with Gasteiger partial charge >= 0.3 is 6.03 Å². The number of aromatic nitrogens is 2. The van der Waals surface area contributed by atoms with Crippen molar-refractivity contribution in [1.29, 1.82) is 5.26 Å². The number of halogens is 1. The number of amides is 2. The fraction of sp³-hybridized carbons (Fsp3) is 0.500. The Morgan fingerprint density at radius 1 is 1.42 bits per heavy atom. The molecule has 9 heteroatoms. The first-order chi connectivity index (χ1) is 14.9. The fourth-order valence-electron chi connectivity index (χ4n) is 4.45. The van der Waals surface area contributed by atoms with Gasteiger partial charge < -0.3 is 20.2 Å². The number of urea groups is 1. The number of anilines is 1. The van der Waals surface area contributed by atoms with E-state index in [-0.39, 0.29) is 23.6 Å². The van der Waals surface area contributed by atoms with Crippen molar-refractivity contribution in [1.82, 2.24) is 19.6 Å². The Kier molecular flexibility index (Phi) is 5.94. The predicted octanol–water partition coefficient (Wildman–Crippen LogP) is 2.32. The molecule has 164 valence electrons. The molecule has 0 saturated heterocycles. The zero-order valence-corrected chi connectivity index (χ0v) is 17.8. The van der Waals surface area contributed by atoms with Crippen LogP contribution in [0.5, 0.6) is 0 Å². The Bertz CT molecular complexity index is 1030. The number of carbonyl (C=O) groups is 1. The van der Waals surface area contributed by atoms with E-state index in [2.05, 4.69) is 10.2 Å². The molecule has 2 atom stereocenters. The largest absolute Gasteiger partial charge is 0.393 e. The van der Waals surface area contributed by atoms with Gasteiger partial charge in [-0.25, -0.2) is 9.18 Å². The van der Waals surface area contributed by atoms with Crippen LogP contribution >= 0.6 is 0 Å². The van der Waals surface area contributed by atoms with Gasteiger partial charge in [-0.2, -0.15) is 10.4 Å². The van der Waals surface area contributed by atoms with E-state index in [1.165, 1.54) is 18.2 Å². The van der Waals surface area contributed by atoms with E-state index < -0.39 is 5.82 Å². The van der Waals surface area contributed by atoms with Crippen molar-refractivity contribution in [2.24, 2.45) is 5.92 Å². The van der Waals surface area contributed by atoms with Crippen LogP contribution in [0.15, 0.2) is 18.2 Å². The molecule has 8 nitrogen and oxygen atoms in total. The van der Waals surface area contributed by atoms with E-state index in [0.29, 0.717) is 44.7 Å². The number of benzene rings is 1. The van der Waals surface area contributed by atoms with Gasteiger partial charge in [0.25, 0.3) is 0 Å². The second-order valence-corrected chi connectivity index (χ2v) is 8.39. The highest BCUT2D eigenvalue weighted by molar-refractivity contribution is 5.89. The summed E-state index contributed by atoms with van der Waals surface area (Å²) >= 11 is 0. The van der Waals surface area contributed by atoms with Crippen molar-refractivity contribution in [3.8, 4) is 6.07 Å². The molecule has 2 N–H and O–H groups in total. The van der Waals surface area contributed by atoms with Crippen LogP contribution in [-0.2, 0) is 26.1 Å². The van der Waals surface area contributed by atoms with Crippen LogP contribution in [0.1, 0.15) is 35.9 Å². The van der Waals surface area contributed by atoms with E-state index in [9.17, 15) is 14.3 Å². The highest BCUT2D eigenvalue weighted by Crippen LogP contribution is 2.28. The number of rotatable bonds is 3. The summed E-state index contributed by atoms with van der Waals surface area (Å²) in [5, 5.41) is 27.0. The average Bonchev–Trinajstić information content (AvgIpc) is 3.00. The quantitative estimate of drug-likeness (QED) is 0.785. The monoisotopic (exact) mass is 426 g/mol. The van der Waals surface area contributed by atoms with Gasteiger partial charge in [-0.3, -0.25) is 4.68 Å². The van der Waals surface area contributed by atoms with Crippen LogP contribution < -0.4 is 5.32 Å². The second-order valence-electron chi connectivity index (χ2n) is 8.39. The molecule has 3 heterocycles. The van der Waals surface area contributed by atoms with Crippen LogP contribution in [0.4, 0.5) is 14.9 Å². The van der Waals surface area contributed by atoms with Gasteiger partial charge in [0.15, 0.2) is 0 Å². The van der Waals surface area contributed by atoms with E-state index in [1.807, 2.05) is 18.7 Å². The molecule has 31 heavy (non-hydrogen) atoms. The molecule has 0 unspecified atom stereocenters. The number of hydrogen-bond acceptors (Lipinski definition) is 5. The maximum atomic E-state index is 13.5. The van der Waals surface area contributed by atoms with E-state index in [0.717, 1.165) is 23.5 Å². The van der Waals surface area contributed by atoms with Crippen molar-refractivity contribution < 1.29 is 14.3 Å². The summed E-state index contributed by atoms with van der Waals surface area (Å²) in [7, 11) is 2.04. The molecule has 2 aliphatic heterocycles. The molecule has 0 bridgehead atoms. The molecular weight excluding hydrogens is 399 g/mol. The highest BCUT2D eigenvalue weighted by atomic mass is 19.1. The summed E-state index contributed by atoms with van der Waals surface area (Å²) in [6, 6.07) is 5.46. The van der Waals surface area contributed by atoms with E-state index in [1.54, 1.807) is 11.0 Å². The lowest BCUT2D eigenvalue weighted by Crippen LogP contribution is -2.39. The molecule has 0 aliphatic carbocycles. The average molecular weight is 426 g/mol. The van der Waals surface area contributed by atoms with E-state index >= 15 is 0 Å². The number of aliphatic hydroxyl groups excluding tert-OH is 1. The maximum absolute atomic E-state index is 13.5. The number of nitriles is 1. The Balaban J connectivity index is 1.52. The fourth-order valence-corrected chi connectivity index (χ4v) is 4.45. The summed E-state index contributed by atoms with van der Waals surface area (Å²) in [4.78, 5) is 16.7. The highest BCUT2D eigenvalue weighted by Gasteiger charge is 2.32. The van der Waals surface area contributed by atoms with Gasteiger partial charge in [0.2, 0.25) is 0 Å². The lowest BCUT2D eigenvalue weighted by molar-refractivity contribution is 0.0758. The standard InChI is InChI=1S/C22H27FN6O2/c1-3-21(30)15-10-27(2)13-20-17-12-28(7-6-19(17)26-29(20)11-15)22(31)25-16-4-5-18(23)14(8-16)9-24/h4-5,8,15,21,30H,3,6-7,10-13H2,1-2H3,(H,25,31)/t15-,21+/m0/s1. The van der Waals surface area contributed by atoms with Crippen LogP contribution in [0.3, 0.4) is 0 Å². The summed E-state index contributed by atoms with van der Waals surface area (Å²) in [5.41, 5.74) is 3.45. The van der Waals surface area contributed by atoms with Crippen molar-refractivity contribution in [2.75, 3.05) is 25.5 Å². The predicted molar refractivity (Wildman–Crippen MR) is 113 cm³/mol. The number of aliphatic hydroxyl groups is 1. The number of nitrogens with one attached hydrogen (secondary N) is 1. The lowest BCUT2D eigenvalue weighted by Gasteiger charge is -2.28. The van der Waals surface area contributed by atoms with Gasteiger partial charge in [-0.05, 0) is 31.7 Å². The minimum absolute atomic E-state index is 0.104. The van der Waals surface area contributed by atoms with Crippen LogP contribution in [0, 0.1) is 23.1 Å². The molecule has 1 aromatic carbocycles. The molecule has 2 aromatic rings. The molecule has 0 radical (unpaired) electrons. The minimum atomic E-state index is -0.610. The van der Waals surface area contributed by atoms with Crippen molar-refractivity contribution >= 4 is 11.7 Å². The van der Waals surface area contributed by atoms with Crippen molar-refractivity contribution in [3.63, 3.8) is 0 Å². The first-order valence-corrected chi connectivity index (χ1v) is 10.6. The minimum Gasteiger partial charge on any atom is -0.393 e. The number of fused-ring (bicyclic) bond motifs is 3. The first-order valence-electron chi connectivity index (χ1n) is 10.6. The van der Waals surface area contributed by atoms with Gasteiger partial charge in [0.1, 0.15) is 11.9 Å². The summed E-state index contributed by atoms with van der Waals surface area (Å²) in [5.74, 6) is -0.494. The third kappa shape index (κ3) is 4.27. The molecule has 2 amide bonds. The Morgan fingerprint density at radius 3 is 2.97 bits per heavy atom. The van der Waals surface area contributed by atoms with Crippen molar-refractivity contribution in [2.45, 2.75) is 45.5 Å². The molecule has 1 aromatic heterocycles. The normalized spacial score (nSPS) is 19.7. The SMILES string of the molecule is CC[C@@H](O)[C@H]1CN(C)Cc2c3c(nn2C1)CCN(C(=O)Nc1ccc(F)c(C#N)c1)C3. The number of nitrogens with zero attached hydrogens (tertiary/aromatic N) is 5. The molecular formula is C22H27FN6O2. The van der Waals surface area contributed by atoms with Crippen molar-refractivity contribution in [3.05, 3.63) is 46.5 Å². The van der Waals surface area contributed by atoms with Gasteiger partial charge in [-0.15, -0.1) is 0 Å². The summed E-state index contributed by atoms with van der Waals surface area (Å²) in [6.07, 6.45) is 0.992. The van der Waals surface area contributed by atoms with Crippen LogP contribution in [0.2, 0.25) is 0 Å². The number of hydrogen-bond donors (Lipinski definition) is 2. The molecule has 4 rings (SSSR count). The van der Waals surface area contributed by atoms with Gasteiger partial charge in [0.05, 0.1) is 29.6 Å². The Hall–Kier alpha value is -2.96. The smallest absolute Gasteiger partial charge is 0.322 e. The zero-order chi connectivity index (χ0) is 22.1. The third-order valence-corrected chi connectivity index (χ3v) is 6.18. The topological polar surface area (TPSA) is 97.4 Å². The zero-order valence-electron chi connectivity index (χ0n) is 17.8.